The number of nitriles is 1. The Bertz CT molecular complexity index is 629. The third-order valence-corrected chi connectivity index (χ3v) is 2.53. The molecule has 5 nitrogen and oxygen atoms in total. The van der Waals surface area contributed by atoms with Crippen molar-refractivity contribution in [2.24, 2.45) is 0 Å². The van der Waals surface area contributed by atoms with Gasteiger partial charge in [-0.15, -0.1) is 0 Å². The molecule has 1 aromatic carbocycles. The second kappa shape index (κ2) is 5.65. The normalized spacial score (nSPS) is 9.63. The van der Waals surface area contributed by atoms with Crippen LogP contribution in [0.5, 0.6) is 0 Å². The molecule has 1 aromatic heterocycles. The van der Waals surface area contributed by atoms with Crippen molar-refractivity contribution in [2.45, 2.75) is 6.54 Å². The Hall–Kier alpha value is -2.87. The second-order valence-electron chi connectivity index (χ2n) is 3.97. The molecule has 1 amide bonds. The smallest absolute Gasteiger partial charge is 0.270 e. The molecule has 0 radical (unpaired) electrons. The number of hydrogen-bond acceptors (Lipinski definition) is 4. The number of nitrogen functional groups attached to an aromatic ring is 1. The van der Waals surface area contributed by atoms with E-state index in [2.05, 4.69) is 16.4 Å². The Labute approximate surface area is 110 Å². The lowest BCUT2D eigenvalue weighted by Crippen LogP contribution is -2.23. The van der Waals surface area contributed by atoms with Crippen molar-refractivity contribution < 1.29 is 4.79 Å². The van der Waals surface area contributed by atoms with Crippen LogP contribution in [0.15, 0.2) is 42.6 Å². The summed E-state index contributed by atoms with van der Waals surface area (Å²) in [6.07, 6.45) is 1.44. The largest absolute Gasteiger partial charge is 0.397 e. The number of amides is 1. The van der Waals surface area contributed by atoms with Gasteiger partial charge in [-0.3, -0.25) is 4.79 Å². The van der Waals surface area contributed by atoms with Gasteiger partial charge in [0.25, 0.3) is 5.91 Å². The zero-order chi connectivity index (χ0) is 13.7. The maximum atomic E-state index is 11.8. The number of hydrogen-bond donors (Lipinski definition) is 2. The predicted molar refractivity (Wildman–Crippen MR) is 71.0 cm³/mol. The van der Waals surface area contributed by atoms with E-state index in [9.17, 15) is 4.79 Å². The maximum Gasteiger partial charge on any atom is 0.270 e. The van der Waals surface area contributed by atoms with E-state index in [0.717, 1.165) is 5.56 Å². The molecule has 0 spiro atoms. The second-order valence-corrected chi connectivity index (χ2v) is 3.97. The van der Waals surface area contributed by atoms with E-state index in [1.54, 1.807) is 30.3 Å². The minimum Gasteiger partial charge on any atom is -0.397 e. The molecule has 0 aliphatic heterocycles. The molecule has 94 valence electrons. The number of anilines is 1. The first-order valence-electron chi connectivity index (χ1n) is 5.68. The number of nitrogens with two attached hydrogens (primary N) is 1. The first kappa shape index (κ1) is 12.6. The quantitative estimate of drug-likeness (QED) is 0.865. The Balaban J connectivity index is 2.00. The summed E-state index contributed by atoms with van der Waals surface area (Å²) in [5.41, 5.74) is 7.75. The molecule has 0 unspecified atom stereocenters. The van der Waals surface area contributed by atoms with Gasteiger partial charge in [-0.05, 0) is 29.8 Å². The molecule has 0 aliphatic rings. The average molecular weight is 252 g/mol. The van der Waals surface area contributed by atoms with E-state index in [0.29, 0.717) is 23.5 Å². The van der Waals surface area contributed by atoms with Crippen molar-refractivity contribution >= 4 is 11.6 Å². The number of aromatic nitrogens is 1. The average Bonchev–Trinajstić information content (AvgIpc) is 2.46. The van der Waals surface area contributed by atoms with Gasteiger partial charge in [0.15, 0.2) is 0 Å². The molecule has 2 aromatic rings. The highest BCUT2D eigenvalue weighted by Crippen LogP contribution is 2.05. The van der Waals surface area contributed by atoms with Gasteiger partial charge in [0.05, 0.1) is 23.5 Å². The lowest BCUT2D eigenvalue weighted by atomic mass is 10.1. The van der Waals surface area contributed by atoms with Gasteiger partial charge >= 0.3 is 0 Å². The molecule has 0 atom stereocenters. The van der Waals surface area contributed by atoms with Crippen molar-refractivity contribution in [3.63, 3.8) is 0 Å². The molecule has 0 bridgehead atoms. The van der Waals surface area contributed by atoms with Gasteiger partial charge < -0.3 is 11.1 Å². The fraction of sp³-hybridized carbons (Fsp3) is 0.0714. The number of nitrogens with zero attached hydrogens (tertiary/aromatic N) is 2. The number of carbonyl (C=O) groups excluding carboxylic acids is 1. The molecular weight excluding hydrogens is 240 g/mol. The van der Waals surface area contributed by atoms with E-state index in [-0.39, 0.29) is 5.91 Å². The van der Waals surface area contributed by atoms with Crippen LogP contribution in [0.4, 0.5) is 5.69 Å². The van der Waals surface area contributed by atoms with Crippen LogP contribution in [0.25, 0.3) is 0 Å². The molecule has 0 saturated carbocycles. The summed E-state index contributed by atoms with van der Waals surface area (Å²) in [5, 5.41) is 11.5. The van der Waals surface area contributed by atoms with Crippen molar-refractivity contribution in [1.82, 2.24) is 10.3 Å². The summed E-state index contributed by atoms with van der Waals surface area (Å²) in [7, 11) is 0. The minimum absolute atomic E-state index is 0.276. The van der Waals surface area contributed by atoms with E-state index in [1.807, 2.05) is 6.07 Å². The van der Waals surface area contributed by atoms with Crippen LogP contribution < -0.4 is 11.1 Å². The summed E-state index contributed by atoms with van der Waals surface area (Å²) in [4.78, 5) is 15.7. The first-order chi connectivity index (χ1) is 9.19. The highest BCUT2D eigenvalue weighted by atomic mass is 16.1. The molecule has 2 rings (SSSR count). The van der Waals surface area contributed by atoms with Crippen molar-refractivity contribution in [3.8, 4) is 6.07 Å². The number of rotatable bonds is 3. The van der Waals surface area contributed by atoms with Crippen LogP contribution in [0.3, 0.4) is 0 Å². The van der Waals surface area contributed by atoms with Crippen molar-refractivity contribution in [2.75, 3.05) is 5.73 Å². The standard InChI is InChI=1S/C14H12N4O/c15-7-10-2-1-3-11(6-10)8-18-14(19)13-5-4-12(16)9-17-13/h1-6,9H,8,16H2,(H,18,19). The lowest BCUT2D eigenvalue weighted by molar-refractivity contribution is 0.0946. The molecule has 0 saturated heterocycles. The number of benzene rings is 1. The van der Waals surface area contributed by atoms with Crippen LogP contribution >= 0.6 is 0 Å². The van der Waals surface area contributed by atoms with Crippen LogP contribution in [0, 0.1) is 11.3 Å². The van der Waals surface area contributed by atoms with Gasteiger partial charge in [0.1, 0.15) is 5.69 Å². The fourth-order valence-electron chi connectivity index (χ4n) is 1.56. The molecule has 1 heterocycles. The Morgan fingerprint density at radius 2 is 2.21 bits per heavy atom. The predicted octanol–water partition coefficient (Wildman–Crippen LogP) is 1.47. The third kappa shape index (κ3) is 3.30. The first-order valence-corrected chi connectivity index (χ1v) is 5.68. The SMILES string of the molecule is N#Cc1cccc(CNC(=O)c2ccc(N)cn2)c1. The lowest BCUT2D eigenvalue weighted by Gasteiger charge is -2.05. The van der Waals surface area contributed by atoms with Crippen molar-refractivity contribution in [1.29, 1.82) is 5.26 Å². The fourth-order valence-corrected chi connectivity index (χ4v) is 1.56. The van der Waals surface area contributed by atoms with E-state index < -0.39 is 0 Å². The summed E-state index contributed by atoms with van der Waals surface area (Å²) in [5.74, 6) is -0.276. The van der Waals surface area contributed by atoms with E-state index >= 15 is 0 Å². The minimum atomic E-state index is -0.276. The van der Waals surface area contributed by atoms with Crippen LogP contribution in [-0.2, 0) is 6.54 Å². The summed E-state index contributed by atoms with van der Waals surface area (Å²) in [6.45, 7) is 0.348. The number of carbonyl (C=O) groups is 1. The molecule has 0 fully saturated rings. The highest BCUT2D eigenvalue weighted by molar-refractivity contribution is 5.92. The monoisotopic (exact) mass is 252 g/mol. The topological polar surface area (TPSA) is 91.8 Å². The van der Waals surface area contributed by atoms with Gasteiger partial charge in [0, 0.05) is 6.54 Å². The van der Waals surface area contributed by atoms with Gasteiger partial charge in [0.2, 0.25) is 0 Å². The van der Waals surface area contributed by atoms with Crippen LogP contribution in [0.1, 0.15) is 21.6 Å². The molecule has 5 heteroatoms. The summed E-state index contributed by atoms with van der Waals surface area (Å²) >= 11 is 0. The Morgan fingerprint density at radius 3 is 2.89 bits per heavy atom. The number of pyridine rings is 1. The highest BCUT2D eigenvalue weighted by Gasteiger charge is 2.06. The molecule has 0 aliphatic carbocycles. The van der Waals surface area contributed by atoms with Crippen LogP contribution in [-0.4, -0.2) is 10.9 Å². The zero-order valence-corrected chi connectivity index (χ0v) is 10.1. The van der Waals surface area contributed by atoms with Crippen LogP contribution in [0.2, 0.25) is 0 Å². The Morgan fingerprint density at radius 1 is 1.37 bits per heavy atom. The maximum absolute atomic E-state index is 11.8. The Kier molecular flexibility index (Phi) is 3.74. The molecule has 19 heavy (non-hydrogen) atoms. The summed E-state index contributed by atoms with van der Waals surface area (Å²) in [6, 6.07) is 12.3. The van der Waals surface area contributed by atoms with Gasteiger partial charge in [-0.2, -0.15) is 5.26 Å². The molecular formula is C14H12N4O. The van der Waals surface area contributed by atoms with Gasteiger partial charge in [-0.25, -0.2) is 4.98 Å². The van der Waals surface area contributed by atoms with E-state index in [4.69, 9.17) is 11.0 Å². The third-order valence-electron chi connectivity index (χ3n) is 2.53. The number of nitrogens with one attached hydrogen (secondary N) is 1. The van der Waals surface area contributed by atoms with E-state index in [1.165, 1.54) is 6.20 Å². The van der Waals surface area contributed by atoms with Crippen molar-refractivity contribution in [3.05, 3.63) is 59.4 Å². The zero-order valence-electron chi connectivity index (χ0n) is 10.1. The van der Waals surface area contributed by atoms with Gasteiger partial charge in [-0.1, -0.05) is 12.1 Å². The summed E-state index contributed by atoms with van der Waals surface area (Å²) < 4.78 is 0. The molecule has 3 N–H and O–H groups in total.